The number of hydrogen-bond donors (Lipinski definition) is 2. The van der Waals surface area contributed by atoms with Gasteiger partial charge in [0.1, 0.15) is 11.5 Å². The number of hydrogen-bond acceptors (Lipinski definition) is 5. The van der Waals surface area contributed by atoms with Gasteiger partial charge in [0.05, 0.1) is 20.4 Å². The molecule has 0 aliphatic carbocycles. The van der Waals surface area contributed by atoms with E-state index in [0.29, 0.717) is 22.7 Å². The Bertz CT molecular complexity index is 742. The van der Waals surface area contributed by atoms with Crippen molar-refractivity contribution in [2.45, 2.75) is 0 Å². The molecule has 0 unspecified atom stereocenters. The SMILES string of the molecule is COc1ccc(NC(=O)C(=O)N/N=C/c2ccccc2OC)cc1. The highest BCUT2D eigenvalue weighted by molar-refractivity contribution is 6.39. The fourth-order valence-corrected chi connectivity index (χ4v) is 1.85. The number of nitrogens with one attached hydrogen (secondary N) is 2. The molecule has 0 heterocycles. The minimum Gasteiger partial charge on any atom is -0.497 e. The number of ether oxygens (including phenoxy) is 2. The van der Waals surface area contributed by atoms with Crippen LogP contribution < -0.4 is 20.2 Å². The van der Waals surface area contributed by atoms with Crippen molar-refractivity contribution in [3.05, 3.63) is 54.1 Å². The highest BCUT2D eigenvalue weighted by atomic mass is 16.5. The summed E-state index contributed by atoms with van der Waals surface area (Å²) in [5.74, 6) is -0.439. The molecule has 0 aromatic heterocycles. The highest BCUT2D eigenvalue weighted by Gasteiger charge is 2.12. The first-order valence-electron chi connectivity index (χ1n) is 7.05. The van der Waals surface area contributed by atoms with E-state index in [2.05, 4.69) is 15.8 Å². The number of amides is 2. The minimum absolute atomic E-state index is 0.477. The molecule has 2 amide bonds. The predicted octanol–water partition coefficient (Wildman–Crippen LogP) is 1.79. The van der Waals surface area contributed by atoms with Gasteiger partial charge in [-0.3, -0.25) is 9.59 Å². The van der Waals surface area contributed by atoms with E-state index in [4.69, 9.17) is 9.47 Å². The smallest absolute Gasteiger partial charge is 0.329 e. The third-order valence-corrected chi connectivity index (χ3v) is 3.06. The first-order valence-corrected chi connectivity index (χ1v) is 7.05. The second-order valence-electron chi connectivity index (χ2n) is 4.62. The van der Waals surface area contributed by atoms with Gasteiger partial charge in [0, 0.05) is 11.3 Å². The molecule has 7 heteroatoms. The summed E-state index contributed by atoms with van der Waals surface area (Å²) < 4.78 is 10.2. The van der Waals surface area contributed by atoms with E-state index in [-0.39, 0.29) is 0 Å². The van der Waals surface area contributed by atoms with Gasteiger partial charge in [0.15, 0.2) is 0 Å². The minimum atomic E-state index is -0.878. The summed E-state index contributed by atoms with van der Waals surface area (Å²) in [6.07, 6.45) is 1.40. The zero-order valence-corrected chi connectivity index (χ0v) is 13.3. The van der Waals surface area contributed by atoms with Gasteiger partial charge in [0.2, 0.25) is 0 Å². The second-order valence-corrected chi connectivity index (χ2v) is 4.62. The molecule has 0 radical (unpaired) electrons. The average Bonchev–Trinajstić information content (AvgIpc) is 2.62. The van der Waals surface area contributed by atoms with Crippen LogP contribution in [0.5, 0.6) is 11.5 Å². The van der Waals surface area contributed by atoms with Crippen molar-refractivity contribution in [3.8, 4) is 11.5 Å². The topological polar surface area (TPSA) is 89.0 Å². The van der Waals surface area contributed by atoms with Crippen molar-refractivity contribution in [3.63, 3.8) is 0 Å². The summed E-state index contributed by atoms with van der Waals surface area (Å²) in [6.45, 7) is 0. The first kappa shape index (κ1) is 17.0. The summed E-state index contributed by atoms with van der Waals surface area (Å²) in [6, 6.07) is 13.8. The Morgan fingerprint density at radius 2 is 1.67 bits per heavy atom. The van der Waals surface area contributed by atoms with Crippen LogP contribution in [0.2, 0.25) is 0 Å². The Kier molecular flexibility index (Phi) is 5.90. The van der Waals surface area contributed by atoms with E-state index in [0.717, 1.165) is 0 Å². The van der Waals surface area contributed by atoms with Crippen LogP contribution in [0.4, 0.5) is 5.69 Å². The number of hydrazone groups is 1. The number of nitrogens with zero attached hydrogens (tertiary/aromatic N) is 1. The van der Waals surface area contributed by atoms with Crippen LogP contribution in [-0.4, -0.2) is 32.2 Å². The Morgan fingerprint density at radius 1 is 0.958 bits per heavy atom. The Hall–Kier alpha value is -3.35. The number of benzene rings is 2. The number of carbonyl (C=O) groups is 2. The van der Waals surface area contributed by atoms with Crippen LogP contribution in [0.25, 0.3) is 0 Å². The van der Waals surface area contributed by atoms with Gasteiger partial charge in [-0.25, -0.2) is 5.43 Å². The van der Waals surface area contributed by atoms with Gasteiger partial charge in [-0.15, -0.1) is 0 Å². The van der Waals surface area contributed by atoms with Crippen molar-refractivity contribution < 1.29 is 19.1 Å². The molecule has 24 heavy (non-hydrogen) atoms. The van der Waals surface area contributed by atoms with Gasteiger partial charge >= 0.3 is 11.8 Å². The van der Waals surface area contributed by atoms with E-state index in [1.54, 1.807) is 43.5 Å². The molecule has 0 saturated heterocycles. The molecule has 2 aromatic carbocycles. The molecule has 2 rings (SSSR count). The molecule has 7 nitrogen and oxygen atoms in total. The fourth-order valence-electron chi connectivity index (χ4n) is 1.85. The van der Waals surface area contributed by atoms with Crippen LogP contribution in [0.1, 0.15) is 5.56 Å². The highest BCUT2D eigenvalue weighted by Crippen LogP contribution is 2.15. The lowest BCUT2D eigenvalue weighted by molar-refractivity contribution is -0.136. The number of methoxy groups -OCH3 is 2. The van der Waals surface area contributed by atoms with Gasteiger partial charge in [-0.1, -0.05) is 12.1 Å². The van der Waals surface area contributed by atoms with Gasteiger partial charge in [-0.2, -0.15) is 5.10 Å². The molecule has 0 saturated carbocycles. The summed E-state index contributed by atoms with van der Waals surface area (Å²) in [5, 5.41) is 6.21. The summed E-state index contributed by atoms with van der Waals surface area (Å²) in [7, 11) is 3.08. The lowest BCUT2D eigenvalue weighted by Crippen LogP contribution is -2.32. The van der Waals surface area contributed by atoms with E-state index < -0.39 is 11.8 Å². The van der Waals surface area contributed by atoms with E-state index >= 15 is 0 Å². The number of anilines is 1. The van der Waals surface area contributed by atoms with Crippen LogP contribution >= 0.6 is 0 Å². The van der Waals surface area contributed by atoms with Crippen molar-refractivity contribution in [2.75, 3.05) is 19.5 Å². The second kappa shape index (κ2) is 8.33. The maximum atomic E-state index is 11.8. The molecule has 0 bridgehead atoms. The number of para-hydroxylation sites is 1. The summed E-state index contributed by atoms with van der Waals surface area (Å²) in [4.78, 5) is 23.5. The fraction of sp³-hybridized carbons (Fsp3) is 0.118. The van der Waals surface area contributed by atoms with Crippen molar-refractivity contribution in [2.24, 2.45) is 5.10 Å². The van der Waals surface area contributed by atoms with Crippen LogP contribution in [0, 0.1) is 0 Å². The maximum Gasteiger partial charge on any atom is 0.329 e. The summed E-state index contributed by atoms with van der Waals surface area (Å²) >= 11 is 0. The van der Waals surface area contributed by atoms with E-state index in [9.17, 15) is 9.59 Å². The molecule has 0 atom stereocenters. The molecular weight excluding hydrogens is 310 g/mol. The molecule has 0 fully saturated rings. The number of rotatable bonds is 5. The summed E-state index contributed by atoms with van der Waals surface area (Å²) in [5.41, 5.74) is 3.32. The van der Waals surface area contributed by atoms with E-state index in [1.807, 2.05) is 12.1 Å². The van der Waals surface area contributed by atoms with Crippen molar-refractivity contribution >= 4 is 23.7 Å². The van der Waals surface area contributed by atoms with Crippen LogP contribution in [0.15, 0.2) is 53.6 Å². The average molecular weight is 327 g/mol. The third kappa shape index (κ3) is 4.57. The van der Waals surface area contributed by atoms with Gasteiger partial charge in [0.25, 0.3) is 0 Å². The molecule has 0 aliphatic rings. The standard InChI is InChI=1S/C17H17N3O4/c1-23-14-9-7-13(8-10-14)19-16(21)17(22)20-18-11-12-5-3-4-6-15(12)24-2/h3-11H,1-2H3,(H,19,21)(H,20,22)/b18-11+. The monoisotopic (exact) mass is 327 g/mol. The largest absolute Gasteiger partial charge is 0.497 e. The van der Waals surface area contributed by atoms with Gasteiger partial charge in [-0.05, 0) is 36.4 Å². The Balaban J connectivity index is 1.91. The van der Waals surface area contributed by atoms with E-state index in [1.165, 1.54) is 13.3 Å². The molecule has 0 aliphatic heterocycles. The zero-order valence-electron chi connectivity index (χ0n) is 13.3. The van der Waals surface area contributed by atoms with Gasteiger partial charge < -0.3 is 14.8 Å². The lowest BCUT2D eigenvalue weighted by Gasteiger charge is -2.05. The molecule has 0 spiro atoms. The maximum absolute atomic E-state index is 11.8. The predicted molar refractivity (Wildman–Crippen MR) is 90.4 cm³/mol. The van der Waals surface area contributed by atoms with Crippen molar-refractivity contribution in [1.82, 2.24) is 5.43 Å². The zero-order chi connectivity index (χ0) is 17.4. The lowest BCUT2D eigenvalue weighted by atomic mass is 10.2. The third-order valence-electron chi connectivity index (χ3n) is 3.06. The van der Waals surface area contributed by atoms with Crippen LogP contribution in [-0.2, 0) is 9.59 Å². The quantitative estimate of drug-likeness (QED) is 0.498. The molecule has 2 aromatic rings. The Morgan fingerprint density at radius 3 is 2.33 bits per heavy atom. The molecule has 2 N–H and O–H groups in total. The van der Waals surface area contributed by atoms with Crippen molar-refractivity contribution in [1.29, 1.82) is 0 Å². The molecule has 124 valence electrons. The molecular formula is C17H17N3O4. The normalized spacial score (nSPS) is 10.2. The number of carbonyl (C=O) groups excluding carboxylic acids is 2. The first-order chi connectivity index (χ1) is 11.6. The Labute approximate surface area is 139 Å². The van der Waals surface area contributed by atoms with Crippen LogP contribution in [0.3, 0.4) is 0 Å².